The molecule has 0 saturated carbocycles. The number of nitriles is 1. The Bertz CT molecular complexity index is 473. The van der Waals surface area contributed by atoms with Crippen LogP contribution < -0.4 is 5.32 Å². The summed E-state index contributed by atoms with van der Waals surface area (Å²) < 4.78 is 0. The van der Waals surface area contributed by atoms with Crippen LogP contribution in [0, 0.1) is 11.3 Å². The van der Waals surface area contributed by atoms with Crippen LogP contribution in [0.3, 0.4) is 0 Å². The molecule has 0 fully saturated rings. The van der Waals surface area contributed by atoms with E-state index in [1.165, 1.54) is 4.88 Å². The van der Waals surface area contributed by atoms with Gasteiger partial charge in [0.05, 0.1) is 11.8 Å². The summed E-state index contributed by atoms with van der Waals surface area (Å²) in [4.78, 5) is 5.51. The van der Waals surface area contributed by atoms with Gasteiger partial charge in [0, 0.05) is 17.6 Å². The maximum Gasteiger partial charge on any atom is 0.138 e. The third-order valence-electron chi connectivity index (χ3n) is 2.41. The molecule has 0 aliphatic heterocycles. The van der Waals surface area contributed by atoms with Crippen LogP contribution in [0.5, 0.6) is 0 Å². The Kier molecular flexibility index (Phi) is 4.25. The lowest BCUT2D eigenvalue weighted by atomic mass is 10.2. The Balaban J connectivity index is 1.87. The highest BCUT2D eigenvalue weighted by molar-refractivity contribution is 7.09. The topological polar surface area (TPSA) is 48.7 Å². The van der Waals surface area contributed by atoms with Gasteiger partial charge in [-0.25, -0.2) is 0 Å². The molecule has 86 valence electrons. The number of hydrogen-bond acceptors (Lipinski definition) is 4. The first-order chi connectivity index (χ1) is 8.40. The molecular formula is C13H13N3S. The summed E-state index contributed by atoms with van der Waals surface area (Å²) in [6, 6.07) is 11.7. The lowest BCUT2D eigenvalue weighted by Gasteiger charge is -2.09. The second-order valence-corrected chi connectivity index (χ2v) is 4.63. The van der Waals surface area contributed by atoms with Gasteiger partial charge < -0.3 is 0 Å². The average Bonchev–Trinajstić information content (AvgIpc) is 2.89. The minimum Gasteiger partial charge on any atom is -0.297 e. The summed E-state index contributed by atoms with van der Waals surface area (Å²) >= 11 is 1.74. The van der Waals surface area contributed by atoms with E-state index in [2.05, 4.69) is 27.8 Å². The summed E-state index contributed by atoms with van der Waals surface area (Å²) in [7, 11) is 0. The molecule has 1 N–H and O–H groups in total. The number of nitrogens with zero attached hydrogens (tertiary/aromatic N) is 2. The van der Waals surface area contributed by atoms with E-state index >= 15 is 0 Å². The van der Waals surface area contributed by atoms with Gasteiger partial charge in [-0.3, -0.25) is 10.3 Å². The molecule has 2 aromatic heterocycles. The van der Waals surface area contributed by atoms with Crippen molar-refractivity contribution in [2.75, 3.05) is 6.54 Å². The predicted octanol–water partition coefficient (Wildman–Crippen LogP) is 2.54. The molecule has 2 heterocycles. The molecule has 3 nitrogen and oxygen atoms in total. The Morgan fingerprint density at radius 2 is 2.29 bits per heavy atom. The lowest BCUT2D eigenvalue weighted by molar-refractivity contribution is 0.619. The number of pyridine rings is 1. The van der Waals surface area contributed by atoms with Gasteiger partial charge in [-0.1, -0.05) is 12.1 Å². The highest BCUT2D eigenvalue weighted by Gasteiger charge is 2.09. The van der Waals surface area contributed by atoms with E-state index in [9.17, 15) is 0 Å². The molecule has 0 saturated heterocycles. The highest BCUT2D eigenvalue weighted by atomic mass is 32.1. The number of hydrogen-bond donors (Lipinski definition) is 1. The fourth-order valence-corrected chi connectivity index (χ4v) is 2.27. The maximum atomic E-state index is 9.09. The smallest absolute Gasteiger partial charge is 0.138 e. The van der Waals surface area contributed by atoms with E-state index in [-0.39, 0.29) is 6.04 Å². The SMILES string of the molecule is N#CC(NCCc1cccs1)c1ccccn1. The van der Waals surface area contributed by atoms with Crippen LogP contribution in [0.15, 0.2) is 41.9 Å². The summed E-state index contributed by atoms with van der Waals surface area (Å²) in [5, 5.41) is 14.4. The van der Waals surface area contributed by atoms with Crippen LogP contribution in [0.1, 0.15) is 16.6 Å². The van der Waals surface area contributed by atoms with Gasteiger partial charge in [0.25, 0.3) is 0 Å². The molecule has 17 heavy (non-hydrogen) atoms. The van der Waals surface area contributed by atoms with Crippen LogP contribution in [-0.2, 0) is 6.42 Å². The van der Waals surface area contributed by atoms with Gasteiger partial charge >= 0.3 is 0 Å². The molecule has 2 aromatic rings. The largest absolute Gasteiger partial charge is 0.297 e. The van der Waals surface area contributed by atoms with Crippen molar-refractivity contribution in [1.82, 2.24) is 10.3 Å². The van der Waals surface area contributed by atoms with Crippen molar-refractivity contribution >= 4 is 11.3 Å². The fourth-order valence-electron chi connectivity index (χ4n) is 1.56. The molecule has 1 atom stereocenters. The Labute approximate surface area is 105 Å². The Morgan fingerprint density at radius 3 is 2.94 bits per heavy atom. The molecule has 1 unspecified atom stereocenters. The van der Waals surface area contributed by atoms with Gasteiger partial charge in [0.1, 0.15) is 6.04 Å². The Morgan fingerprint density at radius 1 is 1.35 bits per heavy atom. The van der Waals surface area contributed by atoms with Crippen LogP contribution in [-0.4, -0.2) is 11.5 Å². The van der Waals surface area contributed by atoms with E-state index in [1.54, 1.807) is 17.5 Å². The van der Waals surface area contributed by atoms with Crippen molar-refractivity contribution in [3.8, 4) is 6.07 Å². The highest BCUT2D eigenvalue weighted by Crippen LogP contribution is 2.10. The van der Waals surface area contributed by atoms with Gasteiger partial charge in [-0.05, 0) is 30.0 Å². The van der Waals surface area contributed by atoms with Crippen molar-refractivity contribution in [2.24, 2.45) is 0 Å². The first-order valence-corrected chi connectivity index (χ1v) is 6.34. The first-order valence-electron chi connectivity index (χ1n) is 5.46. The minimum atomic E-state index is -0.323. The second-order valence-electron chi connectivity index (χ2n) is 3.60. The van der Waals surface area contributed by atoms with Crippen molar-refractivity contribution < 1.29 is 0 Å². The molecule has 4 heteroatoms. The summed E-state index contributed by atoms with van der Waals surface area (Å²) in [5.41, 5.74) is 0.779. The fraction of sp³-hybridized carbons (Fsp3) is 0.231. The number of nitrogens with one attached hydrogen (secondary N) is 1. The quantitative estimate of drug-likeness (QED) is 0.878. The first kappa shape index (κ1) is 11.8. The number of thiophene rings is 1. The zero-order chi connectivity index (χ0) is 11.9. The van der Waals surface area contributed by atoms with Gasteiger partial charge in [0.15, 0.2) is 0 Å². The summed E-state index contributed by atoms with van der Waals surface area (Å²) in [6.07, 6.45) is 2.66. The average molecular weight is 243 g/mol. The number of rotatable bonds is 5. The standard InChI is InChI=1S/C13H13N3S/c14-10-13(12-5-1-2-7-15-12)16-8-6-11-4-3-9-17-11/h1-5,7,9,13,16H,6,8H2. The van der Waals surface area contributed by atoms with Crippen molar-refractivity contribution in [3.63, 3.8) is 0 Å². The van der Waals surface area contributed by atoms with Crippen molar-refractivity contribution in [2.45, 2.75) is 12.5 Å². The molecule has 2 rings (SSSR count). The van der Waals surface area contributed by atoms with Gasteiger partial charge in [-0.15, -0.1) is 11.3 Å². The third kappa shape index (κ3) is 3.38. The third-order valence-corrected chi connectivity index (χ3v) is 3.35. The molecule has 0 radical (unpaired) electrons. The zero-order valence-corrected chi connectivity index (χ0v) is 10.2. The van der Waals surface area contributed by atoms with E-state index in [1.807, 2.05) is 24.3 Å². The van der Waals surface area contributed by atoms with E-state index in [4.69, 9.17) is 5.26 Å². The lowest BCUT2D eigenvalue weighted by Crippen LogP contribution is -2.23. The van der Waals surface area contributed by atoms with Crippen LogP contribution in [0.25, 0.3) is 0 Å². The van der Waals surface area contributed by atoms with E-state index < -0.39 is 0 Å². The predicted molar refractivity (Wildman–Crippen MR) is 68.6 cm³/mol. The molecule has 0 aromatic carbocycles. The molecule has 0 spiro atoms. The summed E-state index contributed by atoms with van der Waals surface area (Å²) in [6.45, 7) is 0.787. The van der Waals surface area contributed by atoms with Crippen molar-refractivity contribution in [3.05, 3.63) is 52.5 Å². The second kappa shape index (κ2) is 6.14. The molecule has 0 amide bonds. The Hall–Kier alpha value is -1.70. The van der Waals surface area contributed by atoms with Gasteiger partial charge in [-0.2, -0.15) is 5.26 Å². The minimum absolute atomic E-state index is 0.323. The molecule has 0 aliphatic carbocycles. The molecular weight excluding hydrogens is 230 g/mol. The summed E-state index contributed by atoms with van der Waals surface area (Å²) in [5.74, 6) is 0. The van der Waals surface area contributed by atoms with E-state index in [0.717, 1.165) is 18.7 Å². The normalized spacial score (nSPS) is 11.9. The molecule has 0 bridgehead atoms. The zero-order valence-electron chi connectivity index (χ0n) is 9.34. The van der Waals surface area contributed by atoms with Crippen molar-refractivity contribution in [1.29, 1.82) is 5.26 Å². The van der Waals surface area contributed by atoms with Crippen LogP contribution in [0.2, 0.25) is 0 Å². The monoisotopic (exact) mass is 243 g/mol. The van der Waals surface area contributed by atoms with E-state index in [0.29, 0.717) is 0 Å². The number of aromatic nitrogens is 1. The molecule has 0 aliphatic rings. The van der Waals surface area contributed by atoms with Crippen LogP contribution >= 0.6 is 11.3 Å². The van der Waals surface area contributed by atoms with Gasteiger partial charge in [0.2, 0.25) is 0 Å². The maximum absolute atomic E-state index is 9.09. The van der Waals surface area contributed by atoms with Crippen LogP contribution in [0.4, 0.5) is 0 Å².